The minimum Gasteiger partial charge on any atom is -0.481 e. The van der Waals surface area contributed by atoms with E-state index in [0.717, 1.165) is 38.8 Å². The first-order valence-electron chi connectivity index (χ1n) is 10.2. The van der Waals surface area contributed by atoms with Crippen molar-refractivity contribution in [1.82, 2.24) is 4.90 Å². The van der Waals surface area contributed by atoms with Crippen LogP contribution in [-0.4, -0.2) is 35.1 Å². The summed E-state index contributed by atoms with van der Waals surface area (Å²) in [6, 6.07) is 9.23. The number of benzene rings is 1. The lowest BCUT2D eigenvalue weighted by Crippen LogP contribution is -2.50. The number of carboxylic acid groups (broad SMARTS) is 1. The summed E-state index contributed by atoms with van der Waals surface area (Å²) in [4.78, 5) is 14.6. The second-order valence-electron chi connectivity index (χ2n) is 9.12. The monoisotopic (exact) mass is 353 g/mol. The topological polar surface area (TPSA) is 40.5 Å². The van der Waals surface area contributed by atoms with Crippen molar-refractivity contribution < 1.29 is 9.90 Å². The zero-order valence-corrected chi connectivity index (χ0v) is 16.2. The Hall–Kier alpha value is -1.61. The van der Waals surface area contributed by atoms with E-state index in [1.807, 2.05) is 0 Å². The summed E-state index contributed by atoms with van der Waals surface area (Å²) in [6.07, 6.45) is 8.53. The molecule has 2 fully saturated rings. The van der Waals surface area contributed by atoms with E-state index in [4.69, 9.17) is 0 Å². The molecule has 1 aromatic carbocycles. The summed E-state index contributed by atoms with van der Waals surface area (Å²) < 4.78 is 0. The Morgan fingerprint density at radius 3 is 2.69 bits per heavy atom. The van der Waals surface area contributed by atoms with Gasteiger partial charge in [0.2, 0.25) is 0 Å². The molecule has 1 saturated heterocycles. The summed E-state index contributed by atoms with van der Waals surface area (Å²) in [5.74, 6) is 0.155. The molecule has 0 radical (unpaired) electrons. The van der Waals surface area contributed by atoms with Crippen molar-refractivity contribution in [2.45, 2.75) is 57.9 Å². The van der Waals surface area contributed by atoms with Crippen molar-refractivity contribution in [3.05, 3.63) is 41.5 Å². The largest absolute Gasteiger partial charge is 0.481 e. The van der Waals surface area contributed by atoms with Crippen LogP contribution in [0, 0.1) is 17.3 Å². The van der Waals surface area contributed by atoms with Gasteiger partial charge in [0, 0.05) is 18.0 Å². The lowest BCUT2D eigenvalue weighted by atomic mass is 9.67. The highest BCUT2D eigenvalue weighted by Crippen LogP contribution is 2.50. The number of carbonyl (C=O) groups is 1. The van der Waals surface area contributed by atoms with Crippen LogP contribution in [0.5, 0.6) is 0 Å². The van der Waals surface area contributed by atoms with Crippen LogP contribution >= 0.6 is 0 Å². The van der Waals surface area contributed by atoms with E-state index >= 15 is 0 Å². The molecular weight excluding hydrogens is 322 g/mol. The van der Waals surface area contributed by atoms with E-state index in [1.165, 1.54) is 11.1 Å². The van der Waals surface area contributed by atoms with Crippen molar-refractivity contribution in [2.75, 3.05) is 13.1 Å². The fraction of sp³-hybridized carbons (Fsp3) is 0.609. The maximum atomic E-state index is 12.0. The summed E-state index contributed by atoms with van der Waals surface area (Å²) in [5.41, 5.74) is 2.51. The van der Waals surface area contributed by atoms with Gasteiger partial charge in [-0.25, -0.2) is 0 Å². The Morgan fingerprint density at radius 1 is 1.27 bits per heavy atom. The van der Waals surface area contributed by atoms with Gasteiger partial charge in [-0.3, -0.25) is 9.69 Å². The standard InChI is InChI=1S/C23H31NO2/c1-16(2)23(21(25)26)11-9-19(14-23)24-13-12-22(17(3)15-24)10-8-18-6-4-5-7-20(18)22/h4-8,10,16-17,19H,9,11-15H2,1-3H3,(H,25,26)/t17-,19?,22-,23?/m0/s1. The fourth-order valence-electron chi connectivity index (χ4n) is 5.88. The summed E-state index contributed by atoms with van der Waals surface area (Å²) in [6.45, 7) is 8.66. The number of fused-ring (bicyclic) bond motifs is 2. The maximum absolute atomic E-state index is 12.0. The summed E-state index contributed by atoms with van der Waals surface area (Å²) in [7, 11) is 0. The normalized spacial score (nSPS) is 36.8. The highest BCUT2D eigenvalue weighted by atomic mass is 16.4. The number of allylic oxidation sites excluding steroid dienone is 1. The quantitative estimate of drug-likeness (QED) is 0.865. The third kappa shape index (κ3) is 2.47. The lowest BCUT2D eigenvalue weighted by Gasteiger charge is -2.46. The van der Waals surface area contributed by atoms with Crippen LogP contribution in [0.3, 0.4) is 0 Å². The average Bonchev–Trinajstić information content (AvgIpc) is 3.22. The molecule has 4 atom stereocenters. The third-order valence-corrected chi connectivity index (χ3v) is 7.79. The molecule has 2 unspecified atom stereocenters. The molecule has 3 heteroatoms. The van der Waals surface area contributed by atoms with Crippen LogP contribution in [0.25, 0.3) is 6.08 Å². The van der Waals surface area contributed by atoms with Gasteiger partial charge in [-0.1, -0.05) is 57.2 Å². The summed E-state index contributed by atoms with van der Waals surface area (Å²) in [5, 5.41) is 9.85. The van der Waals surface area contributed by atoms with Gasteiger partial charge in [-0.05, 0) is 55.2 Å². The number of piperidine rings is 1. The number of hydrogen-bond acceptors (Lipinski definition) is 2. The molecule has 4 rings (SSSR count). The molecule has 0 amide bonds. The van der Waals surface area contributed by atoms with Crippen LogP contribution in [0.15, 0.2) is 30.3 Å². The van der Waals surface area contributed by atoms with Crippen molar-refractivity contribution in [3.8, 4) is 0 Å². The average molecular weight is 354 g/mol. The highest BCUT2D eigenvalue weighted by Gasteiger charge is 2.51. The Balaban J connectivity index is 1.51. The van der Waals surface area contributed by atoms with Crippen LogP contribution in [0.1, 0.15) is 57.6 Å². The first-order valence-corrected chi connectivity index (χ1v) is 10.2. The number of aliphatic carboxylic acids is 1. The minimum atomic E-state index is -0.593. The molecule has 26 heavy (non-hydrogen) atoms. The predicted octanol–water partition coefficient (Wildman–Crippen LogP) is 4.57. The van der Waals surface area contributed by atoms with Crippen LogP contribution in [-0.2, 0) is 10.2 Å². The molecule has 2 aliphatic carbocycles. The molecule has 1 aromatic rings. The fourth-order valence-corrected chi connectivity index (χ4v) is 5.88. The van der Waals surface area contributed by atoms with E-state index in [2.05, 4.69) is 62.1 Å². The third-order valence-electron chi connectivity index (χ3n) is 7.79. The zero-order chi connectivity index (χ0) is 18.5. The van der Waals surface area contributed by atoms with E-state index in [1.54, 1.807) is 0 Å². The number of rotatable bonds is 3. The van der Waals surface area contributed by atoms with Gasteiger partial charge in [0.15, 0.2) is 0 Å². The molecule has 140 valence electrons. The number of likely N-dealkylation sites (tertiary alicyclic amines) is 1. The van der Waals surface area contributed by atoms with Crippen molar-refractivity contribution in [3.63, 3.8) is 0 Å². The first-order chi connectivity index (χ1) is 12.4. The molecular formula is C23H31NO2. The predicted molar refractivity (Wildman–Crippen MR) is 105 cm³/mol. The molecule has 0 aromatic heterocycles. The van der Waals surface area contributed by atoms with Gasteiger partial charge in [-0.2, -0.15) is 0 Å². The van der Waals surface area contributed by atoms with E-state index < -0.39 is 11.4 Å². The van der Waals surface area contributed by atoms with Gasteiger partial charge in [-0.15, -0.1) is 0 Å². The molecule has 1 spiro atoms. The maximum Gasteiger partial charge on any atom is 0.309 e. The van der Waals surface area contributed by atoms with Gasteiger partial charge in [0.1, 0.15) is 0 Å². The molecule has 3 nitrogen and oxygen atoms in total. The van der Waals surface area contributed by atoms with E-state index in [9.17, 15) is 9.90 Å². The van der Waals surface area contributed by atoms with Gasteiger partial charge in [0.05, 0.1) is 5.41 Å². The molecule has 0 bridgehead atoms. The second kappa shape index (κ2) is 6.23. The van der Waals surface area contributed by atoms with Crippen molar-refractivity contribution in [2.24, 2.45) is 17.3 Å². The zero-order valence-electron chi connectivity index (χ0n) is 16.2. The highest BCUT2D eigenvalue weighted by molar-refractivity contribution is 5.75. The molecule has 1 saturated carbocycles. The molecule has 1 heterocycles. The van der Waals surface area contributed by atoms with E-state index in [0.29, 0.717) is 12.0 Å². The van der Waals surface area contributed by atoms with Gasteiger partial charge < -0.3 is 5.11 Å². The van der Waals surface area contributed by atoms with Gasteiger partial charge in [0.25, 0.3) is 0 Å². The molecule has 3 aliphatic rings. The first kappa shape index (κ1) is 17.8. The smallest absolute Gasteiger partial charge is 0.309 e. The Morgan fingerprint density at radius 2 is 2.04 bits per heavy atom. The summed E-state index contributed by atoms with van der Waals surface area (Å²) >= 11 is 0. The number of carboxylic acids is 1. The molecule has 1 aliphatic heterocycles. The Bertz CT molecular complexity index is 739. The Kier molecular flexibility index (Phi) is 4.26. The van der Waals surface area contributed by atoms with Crippen LogP contribution in [0.4, 0.5) is 0 Å². The second-order valence-corrected chi connectivity index (χ2v) is 9.12. The van der Waals surface area contributed by atoms with Crippen molar-refractivity contribution in [1.29, 1.82) is 0 Å². The minimum absolute atomic E-state index is 0.174. The Labute approximate surface area is 157 Å². The number of nitrogens with zero attached hydrogens (tertiary/aromatic N) is 1. The van der Waals surface area contributed by atoms with Crippen LogP contribution < -0.4 is 0 Å². The van der Waals surface area contributed by atoms with Crippen LogP contribution in [0.2, 0.25) is 0 Å². The SMILES string of the molecule is CC(C)C1(C(=O)O)CCC(N2CC[C@@]3(C=Cc4ccccc43)[C@@H](C)C2)C1. The molecule has 1 N–H and O–H groups in total. The van der Waals surface area contributed by atoms with E-state index in [-0.39, 0.29) is 11.3 Å². The van der Waals surface area contributed by atoms with Crippen molar-refractivity contribution >= 4 is 12.0 Å². The van der Waals surface area contributed by atoms with Gasteiger partial charge >= 0.3 is 5.97 Å². The lowest BCUT2D eigenvalue weighted by molar-refractivity contribution is -0.151. The number of hydrogen-bond donors (Lipinski definition) is 1.